The third-order valence-corrected chi connectivity index (χ3v) is 6.41. The molecule has 140 valence electrons. The van der Waals surface area contributed by atoms with Gasteiger partial charge in [-0.2, -0.15) is 0 Å². The van der Waals surface area contributed by atoms with E-state index in [0.29, 0.717) is 10.9 Å². The lowest BCUT2D eigenvalue weighted by molar-refractivity contribution is 0.231. The first-order valence-electron chi connectivity index (χ1n) is 8.65. The monoisotopic (exact) mass is 375 g/mol. The molecule has 5 nitrogen and oxygen atoms in total. The number of benzene rings is 1. The normalized spacial score (nSPS) is 12.4. The standard InChI is InChI=1S/C20H26NO4P/c1-6-24-26(23,25-7-2)19(17-9-8-10-21-13-17)12-18-11-14(3)20(22)16(5)15(18)4/h8-13,22H,6-7H2,1-5H3/b19-12+. The first kappa shape index (κ1) is 20.4. The van der Waals surface area contributed by atoms with Crippen molar-refractivity contribution >= 4 is 19.0 Å². The molecule has 1 aromatic heterocycles. The van der Waals surface area contributed by atoms with Gasteiger partial charge in [0, 0.05) is 18.0 Å². The van der Waals surface area contributed by atoms with Gasteiger partial charge in [0.05, 0.1) is 18.5 Å². The van der Waals surface area contributed by atoms with Gasteiger partial charge in [0.1, 0.15) is 5.75 Å². The summed E-state index contributed by atoms with van der Waals surface area (Å²) < 4.78 is 24.6. The Morgan fingerprint density at radius 3 is 2.38 bits per heavy atom. The number of phenols is 1. The van der Waals surface area contributed by atoms with E-state index in [-0.39, 0.29) is 19.0 Å². The van der Waals surface area contributed by atoms with E-state index >= 15 is 0 Å². The van der Waals surface area contributed by atoms with Crippen molar-refractivity contribution in [3.8, 4) is 5.75 Å². The number of aromatic nitrogens is 1. The molecule has 1 heterocycles. The van der Waals surface area contributed by atoms with Gasteiger partial charge in [-0.3, -0.25) is 9.55 Å². The van der Waals surface area contributed by atoms with Crippen LogP contribution in [-0.4, -0.2) is 23.3 Å². The zero-order valence-corrected chi connectivity index (χ0v) is 16.8. The molecule has 0 atom stereocenters. The predicted octanol–water partition coefficient (Wildman–Crippen LogP) is 5.48. The van der Waals surface area contributed by atoms with Crippen LogP contribution in [0, 0.1) is 20.8 Å². The summed E-state index contributed by atoms with van der Waals surface area (Å²) in [5.41, 5.74) is 4.00. The van der Waals surface area contributed by atoms with Crippen LogP contribution in [0.5, 0.6) is 5.75 Å². The Bertz CT molecular complexity index is 837. The molecule has 0 saturated carbocycles. The van der Waals surface area contributed by atoms with Crippen molar-refractivity contribution in [2.24, 2.45) is 0 Å². The number of rotatable bonds is 7. The highest BCUT2D eigenvalue weighted by Crippen LogP contribution is 2.61. The van der Waals surface area contributed by atoms with Crippen molar-refractivity contribution in [1.29, 1.82) is 0 Å². The summed E-state index contributed by atoms with van der Waals surface area (Å²) in [4.78, 5) is 4.14. The molecule has 0 radical (unpaired) electrons. The molecule has 0 fully saturated rings. The second kappa shape index (κ2) is 8.63. The van der Waals surface area contributed by atoms with E-state index in [2.05, 4.69) is 4.98 Å². The number of pyridine rings is 1. The zero-order valence-electron chi connectivity index (χ0n) is 15.9. The van der Waals surface area contributed by atoms with Gasteiger partial charge in [-0.05, 0) is 75.1 Å². The first-order valence-corrected chi connectivity index (χ1v) is 10.2. The van der Waals surface area contributed by atoms with Gasteiger partial charge in [0.25, 0.3) is 0 Å². The lowest BCUT2D eigenvalue weighted by Gasteiger charge is -2.21. The van der Waals surface area contributed by atoms with Gasteiger partial charge in [0.2, 0.25) is 0 Å². The molecule has 0 aliphatic rings. The fraction of sp³-hybridized carbons (Fsp3) is 0.350. The number of phenolic OH excluding ortho intramolecular Hbond substituents is 1. The van der Waals surface area contributed by atoms with Gasteiger partial charge in [-0.1, -0.05) is 6.07 Å². The Morgan fingerprint density at radius 2 is 1.85 bits per heavy atom. The Balaban J connectivity index is 2.73. The van der Waals surface area contributed by atoms with Gasteiger partial charge < -0.3 is 14.2 Å². The van der Waals surface area contributed by atoms with Crippen LogP contribution in [0.1, 0.15) is 41.7 Å². The molecule has 2 rings (SSSR count). The van der Waals surface area contributed by atoms with E-state index in [0.717, 1.165) is 22.3 Å². The maximum absolute atomic E-state index is 13.5. The second-order valence-electron chi connectivity index (χ2n) is 5.99. The number of nitrogens with zero attached hydrogens (tertiary/aromatic N) is 1. The van der Waals surface area contributed by atoms with E-state index in [1.807, 2.05) is 39.0 Å². The van der Waals surface area contributed by atoms with Crippen LogP contribution in [0.4, 0.5) is 0 Å². The van der Waals surface area contributed by atoms with E-state index in [4.69, 9.17) is 9.05 Å². The topological polar surface area (TPSA) is 68.7 Å². The fourth-order valence-corrected chi connectivity index (χ4v) is 4.53. The zero-order chi connectivity index (χ0) is 19.3. The van der Waals surface area contributed by atoms with Crippen LogP contribution in [0.3, 0.4) is 0 Å². The number of aromatic hydroxyl groups is 1. The molecule has 0 saturated heterocycles. The third-order valence-electron chi connectivity index (χ3n) is 4.24. The average molecular weight is 375 g/mol. The molecule has 0 aliphatic carbocycles. The lowest BCUT2D eigenvalue weighted by atomic mass is 9.98. The van der Waals surface area contributed by atoms with Crippen LogP contribution in [0.2, 0.25) is 0 Å². The molecule has 0 amide bonds. The molecule has 0 unspecified atom stereocenters. The summed E-state index contributed by atoms with van der Waals surface area (Å²) in [6.07, 6.45) is 5.12. The quantitative estimate of drug-likeness (QED) is 0.649. The summed E-state index contributed by atoms with van der Waals surface area (Å²) in [6.45, 7) is 9.73. The second-order valence-corrected chi connectivity index (χ2v) is 7.98. The van der Waals surface area contributed by atoms with E-state index in [1.165, 1.54) is 0 Å². The Morgan fingerprint density at radius 1 is 1.19 bits per heavy atom. The van der Waals surface area contributed by atoms with E-state index in [9.17, 15) is 9.67 Å². The van der Waals surface area contributed by atoms with Crippen molar-refractivity contribution < 1.29 is 18.7 Å². The number of hydrogen-bond acceptors (Lipinski definition) is 5. The van der Waals surface area contributed by atoms with Crippen LogP contribution in [0.25, 0.3) is 11.4 Å². The minimum absolute atomic E-state index is 0.265. The lowest BCUT2D eigenvalue weighted by Crippen LogP contribution is -2.00. The van der Waals surface area contributed by atoms with Crippen molar-refractivity contribution in [1.82, 2.24) is 4.98 Å². The molecule has 26 heavy (non-hydrogen) atoms. The third kappa shape index (κ3) is 4.24. The fourth-order valence-electron chi connectivity index (χ4n) is 2.75. The van der Waals surface area contributed by atoms with Crippen LogP contribution >= 0.6 is 7.60 Å². The highest BCUT2D eigenvalue weighted by atomic mass is 31.2. The SMILES string of the molecule is CCOP(=O)(OCC)/C(=C/c1cc(C)c(O)c(C)c1C)c1cccnc1. The molecule has 0 bridgehead atoms. The van der Waals surface area contributed by atoms with Crippen LogP contribution < -0.4 is 0 Å². The summed E-state index contributed by atoms with van der Waals surface area (Å²) >= 11 is 0. The van der Waals surface area contributed by atoms with Crippen LogP contribution in [0.15, 0.2) is 30.6 Å². The number of aryl methyl sites for hydroxylation is 1. The van der Waals surface area contributed by atoms with E-state index < -0.39 is 7.60 Å². The minimum atomic E-state index is -3.52. The van der Waals surface area contributed by atoms with Crippen molar-refractivity contribution in [2.75, 3.05) is 13.2 Å². The molecule has 2 aromatic rings. The summed E-state index contributed by atoms with van der Waals surface area (Å²) in [5, 5.41) is 10.6. The van der Waals surface area contributed by atoms with E-state index in [1.54, 1.807) is 32.3 Å². The minimum Gasteiger partial charge on any atom is -0.507 e. The smallest absolute Gasteiger partial charge is 0.361 e. The molecule has 6 heteroatoms. The summed E-state index contributed by atoms with van der Waals surface area (Å²) in [6, 6.07) is 5.49. The van der Waals surface area contributed by atoms with Gasteiger partial charge in [-0.15, -0.1) is 0 Å². The maximum Gasteiger partial charge on any atom is 0.361 e. The highest BCUT2D eigenvalue weighted by molar-refractivity contribution is 7.65. The Kier molecular flexibility index (Phi) is 6.76. The summed E-state index contributed by atoms with van der Waals surface area (Å²) in [5.74, 6) is 0.278. The molecule has 0 aliphatic heterocycles. The maximum atomic E-state index is 13.5. The van der Waals surface area contributed by atoms with Gasteiger partial charge in [-0.25, -0.2) is 0 Å². The van der Waals surface area contributed by atoms with Crippen molar-refractivity contribution in [3.05, 3.63) is 58.4 Å². The van der Waals surface area contributed by atoms with Crippen molar-refractivity contribution in [3.63, 3.8) is 0 Å². The number of hydrogen-bond donors (Lipinski definition) is 1. The predicted molar refractivity (Wildman–Crippen MR) is 105 cm³/mol. The molecular weight excluding hydrogens is 349 g/mol. The Hall–Kier alpha value is -1.94. The molecule has 1 aromatic carbocycles. The molecule has 1 N–H and O–H groups in total. The van der Waals surface area contributed by atoms with Crippen LogP contribution in [-0.2, 0) is 13.6 Å². The first-order chi connectivity index (χ1) is 12.3. The average Bonchev–Trinajstić information content (AvgIpc) is 2.63. The molecule has 0 spiro atoms. The highest BCUT2D eigenvalue weighted by Gasteiger charge is 2.31. The largest absolute Gasteiger partial charge is 0.507 e. The molecular formula is C20H26NO4P. The Labute approximate surface area is 155 Å². The van der Waals surface area contributed by atoms with Crippen molar-refractivity contribution in [2.45, 2.75) is 34.6 Å². The van der Waals surface area contributed by atoms with Gasteiger partial charge in [0.15, 0.2) is 0 Å². The van der Waals surface area contributed by atoms with Gasteiger partial charge >= 0.3 is 7.60 Å². The summed E-state index contributed by atoms with van der Waals surface area (Å²) in [7, 11) is -3.52.